The van der Waals surface area contributed by atoms with Gasteiger partial charge >= 0.3 is 5.97 Å². The van der Waals surface area contributed by atoms with Crippen LogP contribution in [0, 0.1) is 11.3 Å². The molecule has 0 bridgehead atoms. The van der Waals surface area contributed by atoms with Gasteiger partial charge in [0.05, 0.1) is 10.9 Å². The van der Waals surface area contributed by atoms with E-state index in [0.717, 1.165) is 11.1 Å². The van der Waals surface area contributed by atoms with Crippen molar-refractivity contribution in [2.75, 3.05) is 6.61 Å². The van der Waals surface area contributed by atoms with Crippen molar-refractivity contribution in [3.8, 4) is 29.1 Å². The molecule has 1 heterocycles. The molecule has 0 saturated heterocycles. The van der Waals surface area contributed by atoms with E-state index in [1.54, 1.807) is 30.3 Å². The van der Waals surface area contributed by atoms with Gasteiger partial charge in [0.2, 0.25) is 5.88 Å². The second-order valence-corrected chi connectivity index (χ2v) is 10.2. The highest BCUT2D eigenvalue weighted by Gasteiger charge is 2.31. The molecule has 0 aromatic heterocycles. The van der Waals surface area contributed by atoms with Gasteiger partial charge in [-0.15, -0.1) is 0 Å². The van der Waals surface area contributed by atoms with Crippen molar-refractivity contribution in [3.63, 3.8) is 0 Å². The highest BCUT2D eigenvalue weighted by molar-refractivity contribution is 6.35. The average molecular weight is 608 g/mol. The van der Waals surface area contributed by atoms with E-state index in [-0.39, 0.29) is 28.8 Å². The maximum atomic E-state index is 12.4. The SMILES string of the molecule is N#CC1=C(N)Oc2cc(OC(=O)COc3ccc(Cl)cc3Cl)ccc2C1c1ccc(OCc2ccc(Cl)cc2)cc1. The van der Waals surface area contributed by atoms with Gasteiger partial charge in [0.25, 0.3) is 0 Å². The molecule has 4 aromatic rings. The summed E-state index contributed by atoms with van der Waals surface area (Å²) in [7, 11) is 0. The van der Waals surface area contributed by atoms with Crippen molar-refractivity contribution in [1.29, 1.82) is 5.26 Å². The van der Waals surface area contributed by atoms with Crippen LogP contribution in [-0.2, 0) is 11.4 Å². The number of nitriles is 1. The minimum absolute atomic E-state index is 0.0303. The van der Waals surface area contributed by atoms with E-state index in [9.17, 15) is 10.1 Å². The number of allylic oxidation sites excluding steroid dienone is 1. The molecule has 1 atom stereocenters. The van der Waals surface area contributed by atoms with E-state index < -0.39 is 11.9 Å². The summed E-state index contributed by atoms with van der Waals surface area (Å²) >= 11 is 17.9. The maximum Gasteiger partial charge on any atom is 0.349 e. The fourth-order valence-electron chi connectivity index (χ4n) is 4.24. The summed E-state index contributed by atoms with van der Waals surface area (Å²) in [6.07, 6.45) is 0. The van der Waals surface area contributed by atoms with E-state index in [2.05, 4.69) is 6.07 Å². The first-order valence-electron chi connectivity index (χ1n) is 12.3. The number of nitrogens with two attached hydrogens (primary N) is 1. The van der Waals surface area contributed by atoms with Crippen molar-refractivity contribution in [2.24, 2.45) is 5.73 Å². The third-order valence-corrected chi connectivity index (χ3v) is 6.98. The summed E-state index contributed by atoms with van der Waals surface area (Å²) in [4.78, 5) is 12.4. The fourth-order valence-corrected chi connectivity index (χ4v) is 4.82. The summed E-state index contributed by atoms with van der Waals surface area (Å²) in [5.74, 6) is 0.368. The summed E-state index contributed by atoms with van der Waals surface area (Å²) in [5.41, 5.74) is 8.88. The average Bonchev–Trinajstić information content (AvgIpc) is 2.96. The van der Waals surface area contributed by atoms with E-state index in [4.69, 9.17) is 59.5 Å². The van der Waals surface area contributed by atoms with Crippen LogP contribution in [0.2, 0.25) is 15.1 Å². The molecule has 1 aliphatic rings. The number of hydrogen-bond donors (Lipinski definition) is 1. The standard InChI is InChI=1S/C31H21Cl3N2O5/c32-20-5-1-18(2-6-20)16-38-22-8-3-19(4-9-22)30-24-11-10-23(14-28(24)41-31(36)25(30)15-35)40-29(37)17-39-27-12-7-21(33)13-26(27)34/h1-14,30H,16-17,36H2. The Morgan fingerprint density at radius 1 is 0.878 bits per heavy atom. The number of carbonyl (C=O) groups excluding carboxylic acids is 1. The van der Waals surface area contributed by atoms with Crippen LogP contribution in [0.25, 0.3) is 0 Å². The number of rotatable bonds is 8. The van der Waals surface area contributed by atoms with Crippen LogP contribution in [0.1, 0.15) is 22.6 Å². The fraction of sp³-hybridized carbons (Fsp3) is 0.0968. The first-order chi connectivity index (χ1) is 19.8. The van der Waals surface area contributed by atoms with Gasteiger partial charge in [-0.25, -0.2) is 4.79 Å². The van der Waals surface area contributed by atoms with Gasteiger partial charge in [0.15, 0.2) is 6.61 Å². The topological polar surface area (TPSA) is 104 Å². The normalized spacial score (nSPS) is 14.0. The minimum Gasteiger partial charge on any atom is -0.489 e. The molecule has 0 fully saturated rings. The molecule has 2 N–H and O–H groups in total. The number of fused-ring (bicyclic) bond motifs is 1. The Bertz CT molecular complexity index is 1670. The van der Waals surface area contributed by atoms with Crippen LogP contribution in [0.4, 0.5) is 0 Å². The number of benzene rings is 4. The third-order valence-electron chi connectivity index (χ3n) is 6.19. The van der Waals surface area contributed by atoms with Gasteiger partial charge in [0.1, 0.15) is 41.2 Å². The highest BCUT2D eigenvalue weighted by atomic mass is 35.5. The van der Waals surface area contributed by atoms with Gasteiger partial charge in [-0.3, -0.25) is 0 Å². The van der Waals surface area contributed by atoms with Gasteiger partial charge in [-0.05, 0) is 59.7 Å². The van der Waals surface area contributed by atoms with Gasteiger partial charge in [-0.2, -0.15) is 5.26 Å². The lowest BCUT2D eigenvalue weighted by Gasteiger charge is -2.26. The molecule has 1 aliphatic heterocycles. The molecule has 41 heavy (non-hydrogen) atoms. The molecule has 0 amide bonds. The van der Waals surface area contributed by atoms with Crippen molar-refractivity contribution in [1.82, 2.24) is 0 Å². The molecule has 0 radical (unpaired) electrons. The zero-order valence-electron chi connectivity index (χ0n) is 21.3. The minimum atomic E-state index is -0.654. The number of ether oxygens (including phenoxy) is 4. The van der Waals surface area contributed by atoms with Crippen LogP contribution in [0.15, 0.2) is 96.4 Å². The zero-order valence-corrected chi connectivity index (χ0v) is 23.5. The number of carbonyl (C=O) groups is 1. The van der Waals surface area contributed by atoms with Crippen molar-refractivity contribution in [2.45, 2.75) is 12.5 Å². The molecule has 0 aliphatic carbocycles. The monoisotopic (exact) mass is 606 g/mol. The number of halogens is 3. The maximum absolute atomic E-state index is 12.4. The predicted octanol–water partition coefficient (Wildman–Crippen LogP) is 7.43. The Balaban J connectivity index is 1.29. The second kappa shape index (κ2) is 12.4. The largest absolute Gasteiger partial charge is 0.489 e. The molecular formula is C31H21Cl3N2O5. The number of nitrogens with zero attached hydrogens (tertiary/aromatic N) is 1. The summed E-state index contributed by atoms with van der Waals surface area (Å²) in [6, 6.07) is 26.5. The Morgan fingerprint density at radius 3 is 2.29 bits per heavy atom. The van der Waals surface area contributed by atoms with E-state index in [0.29, 0.717) is 39.5 Å². The molecule has 10 heteroatoms. The van der Waals surface area contributed by atoms with Crippen LogP contribution in [0.5, 0.6) is 23.0 Å². The second-order valence-electron chi connectivity index (χ2n) is 8.95. The molecule has 7 nitrogen and oxygen atoms in total. The van der Waals surface area contributed by atoms with Crippen molar-refractivity contribution >= 4 is 40.8 Å². The molecule has 5 rings (SSSR count). The Labute approximate surface area is 251 Å². The van der Waals surface area contributed by atoms with Gasteiger partial charge in [-0.1, -0.05) is 65.1 Å². The van der Waals surface area contributed by atoms with Gasteiger partial charge in [0, 0.05) is 21.7 Å². The Hall–Kier alpha value is -4.35. The molecule has 1 unspecified atom stereocenters. The summed E-state index contributed by atoms with van der Waals surface area (Å²) in [5, 5.41) is 11.2. The molecule has 4 aromatic carbocycles. The Morgan fingerprint density at radius 2 is 1.59 bits per heavy atom. The van der Waals surface area contributed by atoms with Crippen LogP contribution < -0.4 is 24.7 Å². The molecule has 206 valence electrons. The first-order valence-corrected chi connectivity index (χ1v) is 13.4. The van der Waals surface area contributed by atoms with E-state index >= 15 is 0 Å². The predicted molar refractivity (Wildman–Crippen MR) is 156 cm³/mol. The quantitative estimate of drug-likeness (QED) is 0.164. The lowest BCUT2D eigenvalue weighted by atomic mass is 9.83. The molecule has 0 saturated carbocycles. The highest BCUT2D eigenvalue weighted by Crippen LogP contribution is 2.43. The van der Waals surface area contributed by atoms with Gasteiger partial charge < -0.3 is 24.7 Å². The van der Waals surface area contributed by atoms with E-state index in [1.807, 2.05) is 48.5 Å². The third kappa shape index (κ3) is 6.69. The molecular weight excluding hydrogens is 587 g/mol. The van der Waals surface area contributed by atoms with Crippen LogP contribution in [-0.4, -0.2) is 12.6 Å². The van der Waals surface area contributed by atoms with Crippen LogP contribution >= 0.6 is 34.8 Å². The lowest BCUT2D eigenvalue weighted by Crippen LogP contribution is -2.21. The summed E-state index contributed by atoms with van der Waals surface area (Å²) in [6.45, 7) is 0.00116. The number of esters is 1. The summed E-state index contributed by atoms with van der Waals surface area (Å²) < 4.78 is 22.5. The first kappa shape index (κ1) is 28.2. The molecule has 0 spiro atoms. The van der Waals surface area contributed by atoms with Crippen molar-refractivity contribution in [3.05, 3.63) is 128 Å². The smallest absolute Gasteiger partial charge is 0.349 e. The number of hydrogen-bond acceptors (Lipinski definition) is 7. The van der Waals surface area contributed by atoms with Crippen LogP contribution in [0.3, 0.4) is 0 Å². The Kier molecular flexibility index (Phi) is 8.55. The lowest BCUT2D eigenvalue weighted by molar-refractivity contribution is -0.136. The zero-order chi connectivity index (χ0) is 28.9. The van der Waals surface area contributed by atoms with E-state index in [1.165, 1.54) is 6.07 Å². The van der Waals surface area contributed by atoms with Crippen molar-refractivity contribution < 1.29 is 23.7 Å².